The number of hydrogen-bond donors (Lipinski definition) is 1. The molecule has 7 heteroatoms. The van der Waals surface area contributed by atoms with Gasteiger partial charge in [-0.3, -0.25) is 9.59 Å². The van der Waals surface area contributed by atoms with Crippen LogP contribution in [-0.4, -0.2) is 34.6 Å². The van der Waals surface area contributed by atoms with E-state index >= 15 is 0 Å². The van der Waals surface area contributed by atoms with Gasteiger partial charge in [0.25, 0.3) is 0 Å². The number of carbonyl (C=O) groups is 2. The number of benzene rings is 2. The van der Waals surface area contributed by atoms with E-state index in [0.29, 0.717) is 23.6 Å². The van der Waals surface area contributed by atoms with E-state index in [0.717, 1.165) is 17.5 Å². The van der Waals surface area contributed by atoms with E-state index in [1.54, 1.807) is 17.0 Å². The van der Waals surface area contributed by atoms with Crippen molar-refractivity contribution in [2.45, 2.75) is 64.9 Å². The molecular formula is C25H32ClFN2O2S. The molecule has 0 aromatic heterocycles. The van der Waals surface area contributed by atoms with Gasteiger partial charge in [-0.05, 0) is 49.9 Å². The number of amides is 2. The van der Waals surface area contributed by atoms with E-state index in [4.69, 9.17) is 11.6 Å². The highest BCUT2D eigenvalue weighted by molar-refractivity contribution is 7.99. The van der Waals surface area contributed by atoms with Crippen LogP contribution < -0.4 is 5.32 Å². The Balaban J connectivity index is 2.19. The number of nitrogens with one attached hydrogen (secondary N) is 1. The zero-order chi connectivity index (χ0) is 23.7. The topological polar surface area (TPSA) is 49.4 Å². The van der Waals surface area contributed by atoms with Crippen molar-refractivity contribution >= 4 is 35.2 Å². The number of nitrogens with zero attached hydrogens (tertiary/aromatic N) is 1. The van der Waals surface area contributed by atoms with Crippen molar-refractivity contribution in [3.05, 3.63) is 70.0 Å². The summed E-state index contributed by atoms with van der Waals surface area (Å²) < 4.78 is 14.1. The molecule has 2 aromatic carbocycles. The van der Waals surface area contributed by atoms with E-state index in [1.807, 2.05) is 52.0 Å². The van der Waals surface area contributed by atoms with Crippen LogP contribution in [0, 0.1) is 12.7 Å². The second kappa shape index (κ2) is 12.9. The van der Waals surface area contributed by atoms with Gasteiger partial charge < -0.3 is 10.2 Å². The highest BCUT2D eigenvalue weighted by Crippen LogP contribution is 2.25. The number of hydrogen-bond acceptors (Lipinski definition) is 3. The smallest absolute Gasteiger partial charge is 0.243 e. The van der Waals surface area contributed by atoms with Crippen LogP contribution in [0.3, 0.4) is 0 Å². The summed E-state index contributed by atoms with van der Waals surface area (Å²) in [6, 6.07) is 11.9. The first-order valence-electron chi connectivity index (χ1n) is 10.9. The summed E-state index contributed by atoms with van der Waals surface area (Å²) in [5.41, 5.74) is 2.45. The molecule has 0 radical (unpaired) electrons. The number of carbonyl (C=O) groups excluding carboxylic acids is 2. The highest BCUT2D eigenvalue weighted by atomic mass is 35.5. The van der Waals surface area contributed by atoms with Crippen LogP contribution in [0.15, 0.2) is 42.5 Å². The SMILES string of the molecule is CC[C@@H](C)NC(=O)[C@H](CC)N(Cc1ccccc1C)C(=O)CSCc1c(F)cccc1Cl. The van der Waals surface area contributed by atoms with Crippen molar-refractivity contribution < 1.29 is 14.0 Å². The van der Waals surface area contributed by atoms with Gasteiger partial charge in [0.2, 0.25) is 11.8 Å². The molecule has 0 unspecified atom stereocenters. The lowest BCUT2D eigenvalue weighted by molar-refractivity contribution is -0.139. The standard InChI is InChI=1S/C25H32ClFN2O2S/c1-5-18(4)28-25(31)23(6-2)29(14-19-11-8-7-10-17(19)3)24(30)16-32-15-20-21(26)12-9-13-22(20)27/h7-13,18,23H,5-6,14-16H2,1-4H3,(H,28,31)/t18-,23+/m1/s1. The minimum absolute atomic E-state index is 0.0320. The van der Waals surface area contributed by atoms with Crippen LogP contribution in [0.5, 0.6) is 0 Å². The van der Waals surface area contributed by atoms with Crippen LogP contribution in [0.1, 0.15) is 50.3 Å². The molecule has 0 aliphatic heterocycles. The zero-order valence-electron chi connectivity index (χ0n) is 19.2. The molecule has 0 bridgehead atoms. The summed E-state index contributed by atoms with van der Waals surface area (Å²) >= 11 is 7.40. The predicted molar refractivity (Wildman–Crippen MR) is 131 cm³/mol. The Morgan fingerprint density at radius 1 is 1.12 bits per heavy atom. The van der Waals surface area contributed by atoms with E-state index in [2.05, 4.69) is 5.32 Å². The van der Waals surface area contributed by atoms with Gasteiger partial charge in [-0.1, -0.05) is 55.8 Å². The summed E-state index contributed by atoms with van der Waals surface area (Å²) in [7, 11) is 0. The molecule has 2 aromatic rings. The molecule has 0 spiro atoms. The van der Waals surface area contributed by atoms with Crippen LogP contribution in [0.25, 0.3) is 0 Å². The van der Waals surface area contributed by atoms with Gasteiger partial charge in [0.05, 0.1) is 5.75 Å². The summed E-state index contributed by atoms with van der Waals surface area (Å²) in [5, 5.41) is 3.35. The Morgan fingerprint density at radius 2 is 1.84 bits per heavy atom. The summed E-state index contributed by atoms with van der Waals surface area (Å²) in [4.78, 5) is 27.9. The Morgan fingerprint density at radius 3 is 2.47 bits per heavy atom. The lowest BCUT2D eigenvalue weighted by Gasteiger charge is -2.32. The van der Waals surface area contributed by atoms with Crippen molar-refractivity contribution in [2.75, 3.05) is 5.75 Å². The fourth-order valence-corrected chi connectivity index (χ4v) is 4.57. The second-order valence-electron chi connectivity index (χ2n) is 7.88. The molecule has 2 atom stereocenters. The fourth-order valence-electron chi connectivity index (χ4n) is 3.33. The van der Waals surface area contributed by atoms with Crippen molar-refractivity contribution in [3.63, 3.8) is 0 Å². The maximum Gasteiger partial charge on any atom is 0.243 e. The first-order valence-corrected chi connectivity index (χ1v) is 12.5. The van der Waals surface area contributed by atoms with E-state index in [-0.39, 0.29) is 35.2 Å². The van der Waals surface area contributed by atoms with Crippen molar-refractivity contribution in [2.24, 2.45) is 0 Å². The zero-order valence-corrected chi connectivity index (χ0v) is 20.7. The molecule has 0 heterocycles. The van der Waals surface area contributed by atoms with Crippen molar-refractivity contribution in [3.8, 4) is 0 Å². The van der Waals surface area contributed by atoms with Crippen LogP contribution in [0.4, 0.5) is 4.39 Å². The Labute approximate surface area is 199 Å². The third-order valence-electron chi connectivity index (χ3n) is 5.52. The lowest BCUT2D eigenvalue weighted by atomic mass is 10.1. The number of rotatable bonds is 11. The van der Waals surface area contributed by atoms with Crippen LogP contribution in [-0.2, 0) is 21.9 Å². The van der Waals surface area contributed by atoms with Crippen molar-refractivity contribution in [1.29, 1.82) is 0 Å². The third kappa shape index (κ3) is 7.24. The number of aryl methyl sites for hydroxylation is 1. The molecular weight excluding hydrogens is 447 g/mol. The summed E-state index contributed by atoms with van der Waals surface area (Å²) in [6.07, 6.45) is 1.32. The van der Waals surface area contributed by atoms with Crippen LogP contribution in [0.2, 0.25) is 5.02 Å². The van der Waals surface area contributed by atoms with Crippen molar-refractivity contribution in [1.82, 2.24) is 10.2 Å². The minimum atomic E-state index is -0.575. The maximum absolute atomic E-state index is 14.1. The fraction of sp³-hybridized carbons (Fsp3) is 0.440. The largest absolute Gasteiger partial charge is 0.352 e. The molecule has 174 valence electrons. The Hall–Kier alpha value is -2.05. The van der Waals surface area contributed by atoms with Gasteiger partial charge >= 0.3 is 0 Å². The van der Waals surface area contributed by atoms with Gasteiger partial charge in [0.15, 0.2) is 0 Å². The molecule has 0 fully saturated rings. The Kier molecular flexibility index (Phi) is 10.5. The molecule has 2 amide bonds. The lowest BCUT2D eigenvalue weighted by Crippen LogP contribution is -2.51. The molecule has 0 aliphatic carbocycles. The molecule has 0 aliphatic rings. The molecule has 32 heavy (non-hydrogen) atoms. The average molecular weight is 479 g/mol. The maximum atomic E-state index is 14.1. The van der Waals surface area contributed by atoms with Gasteiger partial charge in [0, 0.05) is 28.9 Å². The molecule has 2 rings (SSSR count). The molecule has 0 saturated carbocycles. The number of thioether (sulfide) groups is 1. The monoisotopic (exact) mass is 478 g/mol. The summed E-state index contributed by atoms with van der Waals surface area (Å²) in [5.74, 6) is -0.272. The quantitative estimate of drug-likeness (QED) is 0.447. The molecule has 4 nitrogen and oxygen atoms in total. The first-order chi connectivity index (χ1) is 15.3. The third-order valence-corrected chi connectivity index (χ3v) is 6.82. The van der Waals surface area contributed by atoms with Gasteiger partial charge in [-0.15, -0.1) is 11.8 Å². The molecule has 1 N–H and O–H groups in total. The highest BCUT2D eigenvalue weighted by Gasteiger charge is 2.29. The van der Waals surface area contributed by atoms with Gasteiger partial charge in [0.1, 0.15) is 11.9 Å². The second-order valence-corrected chi connectivity index (χ2v) is 9.28. The first kappa shape index (κ1) is 26.2. The van der Waals surface area contributed by atoms with Crippen LogP contribution >= 0.6 is 23.4 Å². The van der Waals surface area contributed by atoms with E-state index in [1.165, 1.54) is 17.8 Å². The average Bonchev–Trinajstić information content (AvgIpc) is 2.76. The van der Waals surface area contributed by atoms with E-state index in [9.17, 15) is 14.0 Å². The van der Waals surface area contributed by atoms with E-state index < -0.39 is 6.04 Å². The normalized spacial score (nSPS) is 12.8. The summed E-state index contributed by atoms with van der Waals surface area (Å²) in [6.45, 7) is 8.20. The molecule has 0 saturated heterocycles. The number of halogens is 2. The van der Waals surface area contributed by atoms with Gasteiger partial charge in [-0.2, -0.15) is 0 Å². The predicted octanol–water partition coefficient (Wildman–Crippen LogP) is 5.74. The van der Waals surface area contributed by atoms with Gasteiger partial charge in [-0.25, -0.2) is 4.39 Å². The minimum Gasteiger partial charge on any atom is -0.352 e. The Bertz CT molecular complexity index is 904.